The van der Waals surface area contributed by atoms with Gasteiger partial charge in [0.1, 0.15) is 23.5 Å². The van der Waals surface area contributed by atoms with E-state index in [-0.39, 0.29) is 23.3 Å². The molecule has 9 nitrogen and oxygen atoms in total. The summed E-state index contributed by atoms with van der Waals surface area (Å²) in [7, 11) is 0. The van der Waals surface area contributed by atoms with E-state index in [1.807, 2.05) is 62.4 Å². The zero-order chi connectivity index (χ0) is 24.5. The number of rotatable bonds is 6. The van der Waals surface area contributed by atoms with E-state index >= 15 is 0 Å². The van der Waals surface area contributed by atoms with Gasteiger partial charge < -0.3 is 15.6 Å². The van der Waals surface area contributed by atoms with Crippen LogP contribution in [0.15, 0.2) is 70.2 Å². The number of aryl methyl sites for hydroxylation is 2. The summed E-state index contributed by atoms with van der Waals surface area (Å²) in [5, 5.41) is 8.91. The molecule has 5 rings (SSSR count). The number of nitrogens with one attached hydrogen (secondary N) is 1. The lowest BCUT2D eigenvalue weighted by atomic mass is 10.0. The molecular formula is C26H25N7O2. The standard InChI is InChI=1S/C26H25N7O2/c1-4-19(31-24-22(23(27)28-14-29-24)25-30-16(3)32-35-25)20-13-17-10-8-9-15(2)21(17)26(34)33(20)18-11-6-5-7-12-18/h5-14,19H,4H2,1-3H3,(H3,27,28,29,31). The van der Waals surface area contributed by atoms with Gasteiger partial charge in [-0.1, -0.05) is 48.5 Å². The van der Waals surface area contributed by atoms with Crippen LogP contribution in [0, 0.1) is 13.8 Å². The molecule has 35 heavy (non-hydrogen) atoms. The highest BCUT2D eigenvalue weighted by atomic mass is 16.5. The van der Waals surface area contributed by atoms with Crippen molar-refractivity contribution in [2.45, 2.75) is 33.2 Å². The van der Waals surface area contributed by atoms with Crippen LogP contribution in [0.4, 0.5) is 11.6 Å². The molecule has 0 fully saturated rings. The van der Waals surface area contributed by atoms with E-state index in [1.54, 1.807) is 11.5 Å². The Morgan fingerprint density at radius 1 is 1.09 bits per heavy atom. The van der Waals surface area contributed by atoms with Crippen LogP contribution in [-0.2, 0) is 0 Å². The second-order valence-electron chi connectivity index (χ2n) is 8.32. The van der Waals surface area contributed by atoms with Gasteiger partial charge in [-0.2, -0.15) is 4.98 Å². The van der Waals surface area contributed by atoms with E-state index in [4.69, 9.17) is 10.3 Å². The summed E-state index contributed by atoms with van der Waals surface area (Å²) < 4.78 is 7.12. The first kappa shape index (κ1) is 22.3. The molecule has 0 bridgehead atoms. The van der Waals surface area contributed by atoms with Gasteiger partial charge in [-0.25, -0.2) is 9.97 Å². The van der Waals surface area contributed by atoms with Gasteiger partial charge in [-0.05, 0) is 49.4 Å². The maximum Gasteiger partial charge on any atom is 0.265 e. The largest absolute Gasteiger partial charge is 0.383 e. The smallest absolute Gasteiger partial charge is 0.265 e. The Balaban J connectivity index is 1.71. The Morgan fingerprint density at radius 2 is 1.89 bits per heavy atom. The molecule has 0 amide bonds. The third kappa shape index (κ3) is 4.01. The summed E-state index contributed by atoms with van der Waals surface area (Å²) in [5.74, 6) is 1.37. The molecule has 1 atom stereocenters. The van der Waals surface area contributed by atoms with Crippen LogP contribution in [0.2, 0.25) is 0 Å². The molecule has 3 heterocycles. The molecule has 0 aliphatic carbocycles. The average molecular weight is 468 g/mol. The molecule has 0 aliphatic rings. The highest BCUT2D eigenvalue weighted by molar-refractivity contribution is 5.86. The number of anilines is 2. The van der Waals surface area contributed by atoms with Crippen molar-refractivity contribution in [2.75, 3.05) is 11.1 Å². The number of aromatic nitrogens is 5. The van der Waals surface area contributed by atoms with E-state index in [0.717, 1.165) is 22.3 Å². The molecular weight excluding hydrogens is 442 g/mol. The van der Waals surface area contributed by atoms with E-state index < -0.39 is 0 Å². The van der Waals surface area contributed by atoms with Crippen molar-refractivity contribution >= 4 is 22.4 Å². The molecule has 3 aromatic heterocycles. The normalized spacial score (nSPS) is 12.1. The van der Waals surface area contributed by atoms with E-state index in [9.17, 15) is 4.79 Å². The van der Waals surface area contributed by atoms with Crippen molar-refractivity contribution in [3.05, 3.63) is 88.4 Å². The Bertz CT molecular complexity index is 1570. The first-order chi connectivity index (χ1) is 17.0. The van der Waals surface area contributed by atoms with Crippen LogP contribution in [0.3, 0.4) is 0 Å². The van der Waals surface area contributed by atoms with Gasteiger partial charge in [0.2, 0.25) is 0 Å². The van der Waals surface area contributed by atoms with Crippen molar-refractivity contribution in [2.24, 2.45) is 0 Å². The second-order valence-corrected chi connectivity index (χ2v) is 8.32. The fraction of sp³-hybridized carbons (Fsp3) is 0.192. The van der Waals surface area contributed by atoms with Crippen molar-refractivity contribution in [3.8, 4) is 17.1 Å². The lowest BCUT2D eigenvalue weighted by Gasteiger charge is -2.24. The Morgan fingerprint density at radius 3 is 2.60 bits per heavy atom. The number of fused-ring (bicyclic) bond motifs is 1. The SMILES string of the molecule is CCC(Nc1ncnc(N)c1-c1nc(C)no1)c1cc2cccc(C)c2c(=O)n1-c1ccccc1. The predicted octanol–water partition coefficient (Wildman–Crippen LogP) is 4.59. The maximum absolute atomic E-state index is 13.8. The molecule has 0 spiro atoms. The molecule has 0 radical (unpaired) electrons. The van der Waals surface area contributed by atoms with E-state index in [2.05, 4.69) is 31.5 Å². The first-order valence-corrected chi connectivity index (χ1v) is 11.4. The van der Waals surface area contributed by atoms with Gasteiger partial charge in [0.05, 0.1) is 11.4 Å². The minimum absolute atomic E-state index is 0.0722. The van der Waals surface area contributed by atoms with Crippen LogP contribution in [0.5, 0.6) is 0 Å². The number of nitrogens with two attached hydrogens (primary N) is 1. The van der Waals surface area contributed by atoms with Crippen LogP contribution >= 0.6 is 0 Å². The Hall–Kier alpha value is -4.53. The van der Waals surface area contributed by atoms with Gasteiger partial charge >= 0.3 is 0 Å². The monoisotopic (exact) mass is 467 g/mol. The minimum atomic E-state index is -0.287. The molecule has 1 unspecified atom stereocenters. The molecule has 176 valence electrons. The summed E-state index contributed by atoms with van der Waals surface area (Å²) in [4.78, 5) is 26.7. The number of hydrogen-bond donors (Lipinski definition) is 2. The highest BCUT2D eigenvalue weighted by Gasteiger charge is 2.23. The maximum atomic E-state index is 13.8. The molecule has 5 aromatic rings. The highest BCUT2D eigenvalue weighted by Crippen LogP contribution is 2.33. The number of benzene rings is 2. The molecule has 3 N–H and O–H groups in total. The fourth-order valence-corrected chi connectivity index (χ4v) is 4.32. The van der Waals surface area contributed by atoms with Crippen LogP contribution in [-0.4, -0.2) is 24.7 Å². The fourth-order valence-electron chi connectivity index (χ4n) is 4.32. The van der Waals surface area contributed by atoms with Gasteiger partial charge in [0.25, 0.3) is 11.4 Å². The summed E-state index contributed by atoms with van der Waals surface area (Å²) >= 11 is 0. The summed E-state index contributed by atoms with van der Waals surface area (Å²) in [6.45, 7) is 5.72. The van der Waals surface area contributed by atoms with Gasteiger partial charge in [-0.3, -0.25) is 9.36 Å². The van der Waals surface area contributed by atoms with Gasteiger partial charge in [0, 0.05) is 11.4 Å². The number of pyridine rings is 1. The lowest BCUT2D eigenvalue weighted by Crippen LogP contribution is -2.27. The summed E-state index contributed by atoms with van der Waals surface area (Å²) in [6, 6.07) is 17.3. The molecule has 0 saturated carbocycles. The topological polar surface area (TPSA) is 125 Å². The van der Waals surface area contributed by atoms with Gasteiger partial charge in [0.15, 0.2) is 5.82 Å². The van der Waals surface area contributed by atoms with Crippen molar-refractivity contribution in [1.82, 2.24) is 24.7 Å². The number of hydrogen-bond acceptors (Lipinski definition) is 8. The van der Waals surface area contributed by atoms with Gasteiger partial charge in [-0.15, -0.1) is 0 Å². The second kappa shape index (κ2) is 9.02. The Labute approximate surface area is 201 Å². The first-order valence-electron chi connectivity index (χ1n) is 11.4. The minimum Gasteiger partial charge on any atom is -0.383 e. The van der Waals surface area contributed by atoms with Crippen LogP contribution in [0.25, 0.3) is 27.9 Å². The molecule has 9 heteroatoms. The third-order valence-electron chi connectivity index (χ3n) is 5.99. The zero-order valence-corrected chi connectivity index (χ0v) is 19.7. The summed E-state index contributed by atoms with van der Waals surface area (Å²) in [5.41, 5.74) is 9.05. The zero-order valence-electron chi connectivity index (χ0n) is 19.7. The van der Waals surface area contributed by atoms with Crippen molar-refractivity contribution in [3.63, 3.8) is 0 Å². The van der Waals surface area contributed by atoms with Crippen molar-refractivity contribution < 1.29 is 4.52 Å². The number of nitrogens with zero attached hydrogens (tertiary/aromatic N) is 5. The number of nitrogen functional groups attached to an aromatic ring is 1. The van der Waals surface area contributed by atoms with E-state index in [1.165, 1.54) is 6.33 Å². The molecule has 0 aliphatic heterocycles. The quantitative estimate of drug-likeness (QED) is 0.371. The van der Waals surface area contributed by atoms with Crippen LogP contribution < -0.4 is 16.6 Å². The predicted molar refractivity (Wildman–Crippen MR) is 135 cm³/mol. The molecule has 2 aromatic carbocycles. The molecule has 0 saturated heterocycles. The summed E-state index contributed by atoms with van der Waals surface area (Å²) in [6.07, 6.45) is 2.04. The van der Waals surface area contributed by atoms with E-state index in [0.29, 0.717) is 29.0 Å². The third-order valence-corrected chi connectivity index (χ3v) is 5.99. The Kier molecular flexibility index (Phi) is 5.74. The number of para-hydroxylation sites is 1. The lowest BCUT2D eigenvalue weighted by molar-refractivity contribution is 0.425. The average Bonchev–Trinajstić information content (AvgIpc) is 3.28. The van der Waals surface area contributed by atoms with Crippen molar-refractivity contribution in [1.29, 1.82) is 0 Å². The van der Waals surface area contributed by atoms with Crippen LogP contribution in [0.1, 0.15) is 36.5 Å².